The molecule has 1 heterocycles. The number of rotatable bonds is 11. The Kier molecular flexibility index (Phi) is 11.8. The fraction of sp³-hybridized carbons (Fsp3) is 0.114. The van der Waals surface area contributed by atoms with Crippen LogP contribution in [0.5, 0.6) is 0 Å². The minimum atomic E-state index is -0.574. The minimum absolute atomic E-state index is 0.311. The Hall–Kier alpha value is -9.50. The van der Waals surface area contributed by atoms with Crippen LogP contribution in [0.4, 0.5) is 28.4 Å². The van der Waals surface area contributed by atoms with Crippen molar-refractivity contribution in [3.8, 4) is 22.3 Å². The number of hydrogen-bond acceptors (Lipinski definition) is 2. The van der Waals surface area contributed by atoms with Crippen LogP contribution in [0.3, 0.4) is 0 Å². The Bertz CT molecular complexity index is 4240. The molecule has 0 radical (unpaired) electrons. The van der Waals surface area contributed by atoms with Crippen LogP contribution < -0.4 is 9.80 Å². The van der Waals surface area contributed by atoms with E-state index in [1.807, 2.05) is 6.08 Å². The van der Waals surface area contributed by atoms with Gasteiger partial charge >= 0.3 is 0 Å². The summed E-state index contributed by atoms with van der Waals surface area (Å²) in [4.78, 5) is 5.06. The van der Waals surface area contributed by atoms with Crippen molar-refractivity contribution in [2.75, 3.05) is 9.80 Å². The molecule has 388 valence electrons. The lowest BCUT2D eigenvalue weighted by molar-refractivity contribution is 0.696. The topological polar surface area (TPSA) is 6.48 Å². The van der Waals surface area contributed by atoms with E-state index in [4.69, 9.17) is 0 Å². The molecule has 9 aromatic rings. The molecular weight excluding hydrogens is 977 g/mol. The average molecular weight is 1040 g/mol. The Morgan fingerprint density at radius 2 is 1.27 bits per heavy atom. The van der Waals surface area contributed by atoms with Crippen LogP contribution in [-0.4, -0.2) is 0 Å². The van der Waals surface area contributed by atoms with E-state index in [0.29, 0.717) is 5.92 Å². The smallest absolute Gasteiger partial charge is 0.0711 e. The summed E-state index contributed by atoms with van der Waals surface area (Å²) in [7, 11) is 0. The van der Waals surface area contributed by atoms with E-state index in [-0.39, 0.29) is 0 Å². The van der Waals surface area contributed by atoms with Crippen molar-refractivity contribution in [2.45, 2.75) is 55.8 Å². The van der Waals surface area contributed by atoms with Gasteiger partial charge in [-0.25, -0.2) is 0 Å². The van der Waals surface area contributed by atoms with Crippen molar-refractivity contribution in [3.63, 3.8) is 0 Å². The van der Waals surface area contributed by atoms with E-state index in [1.165, 1.54) is 111 Å². The Labute approximate surface area is 477 Å². The van der Waals surface area contributed by atoms with E-state index in [0.717, 1.165) is 49.2 Å². The number of hydrogen-bond donors (Lipinski definition) is 0. The van der Waals surface area contributed by atoms with Crippen LogP contribution in [0, 0.1) is 0 Å². The summed E-state index contributed by atoms with van der Waals surface area (Å²) in [6, 6.07) is 78.3. The van der Waals surface area contributed by atoms with Crippen LogP contribution in [-0.2, 0) is 10.8 Å². The quantitative estimate of drug-likeness (QED) is 0.119. The highest BCUT2D eigenvalue weighted by Crippen LogP contribution is 2.61. The third-order valence-corrected chi connectivity index (χ3v) is 18.3. The normalized spacial score (nSPS) is 19.0. The van der Waals surface area contributed by atoms with Gasteiger partial charge in [-0.05, 0) is 183 Å². The van der Waals surface area contributed by atoms with Crippen LogP contribution in [0.1, 0.15) is 83.9 Å². The van der Waals surface area contributed by atoms with E-state index < -0.39 is 10.8 Å². The first-order valence-corrected chi connectivity index (χ1v) is 29.0. The fourth-order valence-corrected chi connectivity index (χ4v) is 15.0. The van der Waals surface area contributed by atoms with E-state index >= 15 is 0 Å². The summed E-state index contributed by atoms with van der Waals surface area (Å²) < 4.78 is 0. The van der Waals surface area contributed by atoms with Crippen LogP contribution in [0.15, 0.2) is 308 Å². The molecule has 0 fully saturated rings. The van der Waals surface area contributed by atoms with Gasteiger partial charge < -0.3 is 9.80 Å². The number of benzene rings is 9. The first-order valence-electron chi connectivity index (χ1n) is 29.0. The lowest BCUT2D eigenvalue weighted by Crippen LogP contribution is -2.30. The van der Waals surface area contributed by atoms with Gasteiger partial charge in [0.25, 0.3) is 0 Å². The summed E-state index contributed by atoms with van der Waals surface area (Å²) >= 11 is 0. The van der Waals surface area contributed by atoms with Crippen molar-refractivity contribution in [1.82, 2.24) is 0 Å². The molecule has 9 aromatic carbocycles. The zero-order valence-electron chi connectivity index (χ0n) is 45.8. The monoisotopic (exact) mass is 1040 g/mol. The zero-order chi connectivity index (χ0) is 54.1. The minimum Gasteiger partial charge on any atom is -0.313 e. The highest BCUT2D eigenvalue weighted by molar-refractivity contribution is 6.00. The van der Waals surface area contributed by atoms with Crippen LogP contribution in [0.2, 0.25) is 0 Å². The third-order valence-electron chi connectivity index (χ3n) is 18.3. The summed E-state index contributed by atoms with van der Waals surface area (Å²) in [5, 5.41) is 2.51. The molecular formula is C79H62N2. The molecule has 2 heteroatoms. The molecule has 0 spiro atoms. The molecule has 2 atom stereocenters. The highest BCUT2D eigenvalue weighted by atomic mass is 15.2. The lowest BCUT2D eigenvalue weighted by Gasteiger charge is -2.38. The second-order valence-electron chi connectivity index (χ2n) is 22.4. The van der Waals surface area contributed by atoms with Gasteiger partial charge in [0, 0.05) is 34.1 Å². The molecule has 6 aliphatic rings. The van der Waals surface area contributed by atoms with E-state index in [9.17, 15) is 0 Å². The van der Waals surface area contributed by atoms with Crippen molar-refractivity contribution < 1.29 is 0 Å². The molecule has 5 aliphatic carbocycles. The van der Waals surface area contributed by atoms with Gasteiger partial charge in [-0.2, -0.15) is 0 Å². The van der Waals surface area contributed by atoms with Gasteiger partial charge in [-0.15, -0.1) is 0 Å². The molecule has 0 N–H and O–H groups in total. The van der Waals surface area contributed by atoms with Crippen molar-refractivity contribution in [1.29, 1.82) is 0 Å². The molecule has 0 aromatic heterocycles. The van der Waals surface area contributed by atoms with E-state index in [1.54, 1.807) is 0 Å². The second kappa shape index (κ2) is 19.7. The first kappa shape index (κ1) is 48.6. The molecule has 0 saturated heterocycles. The Morgan fingerprint density at radius 3 is 2.05 bits per heavy atom. The maximum absolute atomic E-state index is 4.30. The van der Waals surface area contributed by atoms with E-state index in [2.05, 4.69) is 296 Å². The van der Waals surface area contributed by atoms with Gasteiger partial charge in [0.05, 0.1) is 22.2 Å². The number of anilines is 5. The standard InChI is InChI=1S/C79H62N2/c1-3-23-57(24-4-2)78(58-27-8-5-9-28-58)71-37-19-16-34-65(71)67-49-46-62(52-73(67)78)80(63-47-50-68-66-35-17-20-38-72(66)79(74(68)53-63,59-29-10-6-11-30-59)60-31-12-7-13-32-60)61-44-41-54(42-45-61)56-43-48-70-69-36-18-21-39-76(69)81(77(70)51-56)75-40-22-26-55-25-14-15-33-64(55)75/h3-4,6-8,10-19,21-35,37,39-53,69H,1,5,9,20,36,38H2,2H3/b24-4-,57-23+. The van der Waals surface area contributed by atoms with Gasteiger partial charge in [0.2, 0.25) is 0 Å². The fourth-order valence-electron chi connectivity index (χ4n) is 15.0. The number of allylic oxidation sites excluding steroid dienone is 17. The highest BCUT2D eigenvalue weighted by Gasteiger charge is 2.50. The molecule has 0 amide bonds. The number of nitrogens with zero attached hydrogens (tertiary/aromatic N) is 2. The predicted molar refractivity (Wildman–Crippen MR) is 341 cm³/mol. The van der Waals surface area contributed by atoms with Gasteiger partial charge in [-0.1, -0.05) is 231 Å². The summed E-state index contributed by atoms with van der Waals surface area (Å²) in [6.07, 6.45) is 32.6. The SMILES string of the molecule is C=C/C=C(\C=C/C)C1(C2=CCCC=C2)c2ccccc2-c2ccc(N(c3ccc(-c4ccc5c(c4)N(c4cccc6ccccc46)C4=CC=CCC45)cc3)c3ccc4c(c3)C(c3ccccc3)(c3ccccc3)C3=C4C=CCC3)cc21. The average Bonchev–Trinajstić information content (AvgIpc) is 2.46. The molecule has 1 aliphatic heterocycles. The predicted octanol–water partition coefficient (Wildman–Crippen LogP) is 20.7. The first-order chi connectivity index (χ1) is 40.1. The second-order valence-corrected chi connectivity index (χ2v) is 22.4. The molecule has 0 saturated carbocycles. The van der Waals surface area contributed by atoms with Gasteiger partial charge in [-0.3, -0.25) is 0 Å². The number of fused-ring (bicyclic) bond motifs is 9. The molecule has 2 unspecified atom stereocenters. The maximum Gasteiger partial charge on any atom is 0.0711 e. The van der Waals surface area contributed by atoms with Crippen molar-refractivity contribution >= 4 is 44.8 Å². The van der Waals surface area contributed by atoms with Crippen LogP contribution in [0.25, 0.3) is 38.6 Å². The maximum atomic E-state index is 4.30. The largest absolute Gasteiger partial charge is 0.313 e. The lowest BCUT2D eigenvalue weighted by atomic mass is 9.65. The molecule has 0 bridgehead atoms. The summed E-state index contributed by atoms with van der Waals surface area (Å²) in [5.41, 5.74) is 25.5. The van der Waals surface area contributed by atoms with Crippen LogP contribution >= 0.6 is 0 Å². The van der Waals surface area contributed by atoms with Crippen molar-refractivity contribution in [3.05, 3.63) is 347 Å². The Balaban J connectivity index is 0.935. The van der Waals surface area contributed by atoms with Gasteiger partial charge in [0.1, 0.15) is 0 Å². The summed E-state index contributed by atoms with van der Waals surface area (Å²) in [6.45, 7) is 6.43. The zero-order valence-corrected chi connectivity index (χ0v) is 45.8. The van der Waals surface area contributed by atoms with Crippen molar-refractivity contribution in [2.24, 2.45) is 0 Å². The summed E-state index contributed by atoms with van der Waals surface area (Å²) in [5.74, 6) is 0.311. The Morgan fingerprint density at radius 1 is 0.580 bits per heavy atom. The molecule has 15 rings (SSSR count). The molecule has 2 nitrogen and oxygen atoms in total. The van der Waals surface area contributed by atoms with Gasteiger partial charge in [0.15, 0.2) is 0 Å². The molecule has 81 heavy (non-hydrogen) atoms. The third kappa shape index (κ3) is 7.40.